The number of thiazole rings is 1. The van der Waals surface area contributed by atoms with Gasteiger partial charge in [0.05, 0.1) is 17.1 Å². The van der Waals surface area contributed by atoms with Gasteiger partial charge in [-0.3, -0.25) is 9.59 Å². The molecule has 0 aromatic carbocycles. The summed E-state index contributed by atoms with van der Waals surface area (Å²) in [6.45, 7) is 3.40. The Morgan fingerprint density at radius 3 is 2.44 bits per heavy atom. The van der Waals surface area contributed by atoms with Gasteiger partial charge < -0.3 is 16.2 Å². The molecule has 0 spiro atoms. The standard InChI is InChI=1S/C10H13N3O4S/c1-4-8(18-5(2)12-4)9(15)13-6(10(16)17)3-7(11)14/h6H,3H2,1-2H3,(H2,11,14)(H,13,15)(H,16,17)/t6-/m1/s1. The van der Waals surface area contributed by atoms with Crippen molar-refractivity contribution in [2.75, 3.05) is 0 Å². The van der Waals surface area contributed by atoms with Gasteiger partial charge in [0.1, 0.15) is 10.9 Å². The second-order valence-electron chi connectivity index (χ2n) is 3.68. The van der Waals surface area contributed by atoms with Crippen LogP contribution >= 0.6 is 11.3 Å². The molecule has 8 heteroatoms. The number of aliphatic carboxylic acids is 1. The molecule has 2 amide bonds. The molecule has 0 unspecified atom stereocenters. The highest BCUT2D eigenvalue weighted by Gasteiger charge is 2.24. The van der Waals surface area contributed by atoms with E-state index in [-0.39, 0.29) is 0 Å². The molecule has 0 fully saturated rings. The van der Waals surface area contributed by atoms with Gasteiger partial charge in [0.25, 0.3) is 5.91 Å². The van der Waals surface area contributed by atoms with Crippen LogP contribution in [0, 0.1) is 13.8 Å². The molecule has 98 valence electrons. The first-order chi connectivity index (χ1) is 8.31. The number of nitrogens with zero attached hydrogens (tertiary/aromatic N) is 1. The predicted octanol–water partition coefficient (Wildman–Crippen LogP) is -0.182. The molecule has 0 aliphatic heterocycles. The summed E-state index contributed by atoms with van der Waals surface area (Å²) in [5.74, 6) is -2.66. The summed E-state index contributed by atoms with van der Waals surface area (Å²) in [5.41, 5.74) is 5.44. The number of nitrogens with two attached hydrogens (primary N) is 1. The summed E-state index contributed by atoms with van der Waals surface area (Å²) in [7, 11) is 0. The summed E-state index contributed by atoms with van der Waals surface area (Å²) in [5, 5.41) is 11.8. The highest BCUT2D eigenvalue weighted by Crippen LogP contribution is 2.17. The van der Waals surface area contributed by atoms with E-state index in [1.165, 1.54) is 0 Å². The maximum Gasteiger partial charge on any atom is 0.326 e. The highest BCUT2D eigenvalue weighted by molar-refractivity contribution is 7.13. The Morgan fingerprint density at radius 1 is 1.44 bits per heavy atom. The van der Waals surface area contributed by atoms with Gasteiger partial charge in [-0.15, -0.1) is 11.3 Å². The third-order valence-corrected chi connectivity index (χ3v) is 3.19. The molecule has 1 heterocycles. The lowest BCUT2D eigenvalue weighted by Gasteiger charge is -2.11. The average Bonchev–Trinajstić information content (AvgIpc) is 2.56. The fourth-order valence-electron chi connectivity index (χ4n) is 1.37. The molecule has 1 aromatic heterocycles. The largest absolute Gasteiger partial charge is 0.480 e. The Hall–Kier alpha value is -1.96. The van der Waals surface area contributed by atoms with E-state index in [2.05, 4.69) is 10.3 Å². The van der Waals surface area contributed by atoms with E-state index in [4.69, 9.17) is 10.8 Å². The van der Waals surface area contributed by atoms with Crippen molar-refractivity contribution < 1.29 is 19.5 Å². The van der Waals surface area contributed by atoms with Crippen LogP contribution in [-0.2, 0) is 9.59 Å². The minimum absolute atomic E-state index is 0.336. The summed E-state index contributed by atoms with van der Waals surface area (Å²) >= 11 is 1.16. The fraction of sp³-hybridized carbons (Fsp3) is 0.400. The third-order valence-electron chi connectivity index (χ3n) is 2.12. The van der Waals surface area contributed by atoms with Crippen molar-refractivity contribution in [1.82, 2.24) is 10.3 Å². The highest BCUT2D eigenvalue weighted by atomic mass is 32.1. The van der Waals surface area contributed by atoms with Gasteiger partial charge in [-0.05, 0) is 13.8 Å². The van der Waals surface area contributed by atoms with Gasteiger partial charge >= 0.3 is 5.97 Å². The molecule has 0 radical (unpaired) electrons. The first-order valence-corrected chi connectivity index (χ1v) is 5.89. The number of aryl methyl sites for hydroxylation is 2. The molecule has 0 saturated heterocycles. The minimum atomic E-state index is -1.32. The minimum Gasteiger partial charge on any atom is -0.480 e. The van der Waals surface area contributed by atoms with Crippen molar-refractivity contribution in [3.63, 3.8) is 0 Å². The number of primary amides is 1. The predicted molar refractivity (Wildman–Crippen MR) is 64.3 cm³/mol. The number of aromatic nitrogens is 1. The zero-order valence-electron chi connectivity index (χ0n) is 9.89. The van der Waals surface area contributed by atoms with Crippen LogP contribution < -0.4 is 11.1 Å². The van der Waals surface area contributed by atoms with Crippen molar-refractivity contribution >= 4 is 29.1 Å². The summed E-state index contributed by atoms with van der Waals surface area (Å²) in [6.07, 6.45) is -0.447. The lowest BCUT2D eigenvalue weighted by atomic mass is 10.2. The molecular formula is C10H13N3O4S. The van der Waals surface area contributed by atoms with Crippen molar-refractivity contribution in [1.29, 1.82) is 0 Å². The number of hydrogen-bond acceptors (Lipinski definition) is 5. The molecule has 18 heavy (non-hydrogen) atoms. The van der Waals surface area contributed by atoms with Crippen molar-refractivity contribution in [2.24, 2.45) is 5.73 Å². The zero-order valence-corrected chi connectivity index (χ0v) is 10.7. The number of rotatable bonds is 5. The van der Waals surface area contributed by atoms with Crippen LogP contribution in [0.15, 0.2) is 0 Å². The van der Waals surface area contributed by atoms with E-state index in [9.17, 15) is 14.4 Å². The first-order valence-electron chi connectivity index (χ1n) is 5.07. The Labute approximate surface area is 107 Å². The van der Waals surface area contributed by atoms with E-state index in [1.54, 1.807) is 13.8 Å². The molecule has 0 saturated carbocycles. The Kier molecular flexibility index (Phi) is 4.38. The number of carbonyl (C=O) groups is 3. The monoisotopic (exact) mass is 271 g/mol. The van der Waals surface area contributed by atoms with Gasteiger partial charge in [0.2, 0.25) is 5.91 Å². The van der Waals surface area contributed by atoms with Gasteiger partial charge in [0, 0.05) is 0 Å². The van der Waals surface area contributed by atoms with E-state index < -0.39 is 30.2 Å². The Bertz CT molecular complexity index is 497. The van der Waals surface area contributed by atoms with E-state index in [0.29, 0.717) is 15.6 Å². The lowest BCUT2D eigenvalue weighted by Crippen LogP contribution is -2.43. The second-order valence-corrected chi connectivity index (χ2v) is 4.89. The summed E-state index contributed by atoms with van der Waals surface area (Å²) < 4.78 is 0. The van der Waals surface area contributed by atoms with Crippen LogP contribution in [0.3, 0.4) is 0 Å². The van der Waals surface area contributed by atoms with Gasteiger partial charge in [-0.25, -0.2) is 9.78 Å². The number of carbonyl (C=O) groups excluding carboxylic acids is 2. The lowest BCUT2D eigenvalue weighted by molar-refractivity contribution is -0.140. The number of nitrogens with one attached hydrogen (secondary N) is 1. The van der Waals surface area contributed by atoms with Crippen LogP contribution in [0.25, 0.3) is 0 Å². The maximum atomic E-state index is 11.8. The molecule has 0 aliphatic carbocycles. The molecule has 7 nitrogen and oxygen atoms in total. The van der Waals surface area contributed by atoms with Crippen molar-refractivity contribution in [3.8, 4) is 0 Å². The third kappa shape index (κ3) is 3.52. The molecule has 1 rings (SSSR count). The van der Waals surface area contributed by atoms with Crippen molar-refractivity contribution in [3.05, 3.63) is 15.6 Å². The second kappa shape index (κ2) is 5.58. The topological polar surface area (TPSA) is 122 Å². The maximum absolute atomic E-state index is 11.8. The van der Waals surface area contributed by atoms with Crippen LogP contribution in [0.2, 0.25) is 0 Å². The van der Waals surface area contributed by atoms with Gasteiger partial charge in [-0.2, -0.15) is 0 Å². The van der Waals surface area contributed by atoms with Crippen LogP contribution in [0.5, 0.6) is 0 Å². The summed E-state index contributed by atoms with van der Waals surface area (Å²) in [4.78, 5) is 37.8. The van der Waals surface area contributed by atoms with Gasteiger partial charge in [0.15, 0.2) is 0 Å². The SMILES string of the molecule is Cc1nc(C)c(C(=O)N[C@H](CC(N)=O)C(=O)O)s1. The number of carboxylic acids is 1. The van der Waals surface area contributed by atoms with Crippen LogP contribution in [0.4, 0.5) is 0 Å². The fourth-order valence-corrected chi connectivity index (χ4v) is 2.19. The molecule has 0 aliphatic rings. The number of amides is 2. The Morgan fingerprint density at radius 2 is 2.06 bits per heavy atom. The van der Waals surface area contributed by atoms with Crippen molar-refractivity contribution in [2.45, 2.75) is 26.3 Å². The normalized spacial score (nSPS) is 11.9. The van der Waals surface area contributed by atoms with E-state index >= 15 is 0 Å². The van der Waals surface area contributed by atoms with Crippen LogP contribution in [-0.4, -0.2) is 33.9 Å². The Balaban J connectivity index is 2.81. The quantitative estimate of drug-likeness (QED) is 0.685. The van der Waals surface area contributed by atoms with Crippen LogP contribution in [0.1, 0.15) is 26.8 Å². The van der Waals surface area contributed by atoms with Gasteiger partial charge in [-0.1, -0.05) is 0 Å². The first kappa shape index (κ1) is 14.1. The molecule has 0 bridgehead atoms. The molecule has 4 N–H and O–H groups in total. The molecular weight excluding hydrogens is 258 g/mol. The summed E-state index contributed by atoms with van der Waals surface area (Å²) in [6, 6.07) is -1.32. The molecule has 1 aromatic rings. The zero-order chi connectivity index (χ0) is 13.9. The smallest absolute Gasteiger partial charge is 0.326 e. The number of carboxylic acid groups (broad SMARTS) is 1. The number of hydrogen-bond donors (Lipinski definition) is 3. The van der Waals surface area contributed by atoms with E-state index in [1.807, 2.05) is 0 Å². The van der Waals surface area contributed by atoms with E-state index in [0.717, 1.165) is 11.3 Å². The molecule has 1 atom stereocenters. The average molecular weight is 271 g/mol.